The highest BCUT2D eigenvalue weighted by Crippen LogP contribution is 2.14. The maximum atomic E-state index is 5.64. The second-order valence-corrected chi connectivity index (χ2v) is 3.37. The lowest BCUT2D eigenvalue weighted by molar-refractivity contribution is -0.00461. The average molecular weight is 194 g/mol. The zero-order valence-electron chi connectivity index (χ0n) is 7.62. The van der Waals surface area contributed by atoms with Crippen molar-refractivity contribution in [3.8, 4) is 0 Å². The van der Waals surface area contributed by atoms with Gasteiger partial charge in [-0.25, -0.2) is 0 Å². The molecule has 1 fully saturated rings. The van der Waals surface area contributed by atoms with Crippen LogP contribution < -0.4 is 0 Å². The second-order valence-electron chi connectivity index (χ2n) is 3.00. The molecule has 2 atom stereocenters. The maximum Gasteiger partial charge on any atom is 0.0971 e. The van der Waals surface area contributed by atoms with E-state index >= 15 is 0 Å². The third-order valence-electron chi connectivity index (χ3n) is 2.30. The van der Waals surface area contributed by atoms with Gasteiger partial charge in [-0.3, -0.25) is 4.90 Å². The molecule has 1 rings (SSSR count). The smallest absolute Gasteiger partial charge is 0.0971 e. The second kappa shape index (κ2) is 5.02. The first-order valence-corrected chi connectivity index (χ1v) is 4.69. The largest absolute Gasteiger partial charge is 0.377 e. The highest BCUT2D eigenvalue weighted by atomic mass is 35.5. The molecule has 0 aliphatic carbocycles. The van der Waals surface area contributed by atoms with Crippen LogP contribution in [0.3, 0.4) is 0 Å². The van der Waals surface area contributed by atoms with Crippen molar-refractivity contribution in [1.82, 2.24) is 4.90 Å². The predicted octanol–water partition coefficient (Wildman–Crippen LogP) is 0.571. The normalized spacial score (nSPS) is 31.2. The van der Waals surface area contributed by atoms with Crippen LogP contribution in [0.15, 0.2) is 0 Å². The van der Waals surface area contributed by atoms with Gasteiger partial charge in [-0.1, -0.05) is 0 Å². The molecule has 0 aromatic rings. The van der Waals surface area contributed by atoms with Crippen molar-refractivity contribution in [3.63, 3.8) is 0 Å². The average Bonchev–Trinajstić information content (AvgIpc) is 2.48. The number of likely N-dealkylation sites (tertiary alicyclic amines) is 1. The summed E-state index contributed by atoms with van der Waals surface area (Å²) in [7, 11) is 3.45. The van der Waals surface area contributed by atoms with Crippen LogP contribution in [-0.2, 0) is 9.47 Å². The summed E-state index contributed by atoms with van der Waals surface area (Å²) in [5.41, 5.74) is 0. The van der Waals surface area contributed by atoms with E-state index in [4.69, 9.17) is 21.1 Å². The van der Waals surface area contributed by atoms with Crippen molar-refractivity contribution in [2.24, 2.45) is 0 Å². The van der Waals surface area contributed by atoms with Crippen LogP contribution in [0.4, 0.5) is 0 Å². The van der Waals surface area contributed by atoms with Gasteiger partial charge in [-0.05, 0) is 0 Å². The van der Waals surface area contributed by atoms with E-state index in [1.165, 1.54) is 0 Å². The Kier molecular flexibility index (Phi) is 4.29. The predicted molar refractivity (Wildman–Crippen MR) is 48.8 cm³/mol. The van der Waals surface area contributed by atoms with Gasteiger partial charge in [0.15, 0.2) is 0 Å². The zero-order valence-corrected chi connectivity index (χ0v) is 8.38. The van der Waals surface area contributed by atoms with Gasteiger partial charge in [0, 0.05) is 39.7 Å². The number of methoxy groups -OCH3 is 2. The van der Waals surface area contributed by atoms with Crippen molar-refractivity contribution in [1.29, 1.82) is 0 Å². The first kappa shape index (κ1) is 10.3. The molecule has 12 heavy (non-hydrogen) atoms. The molecule has 4 heteroatoms. The van der Waals surface area contributed by atoms with E-state index in [9.17, 15) is 0 Å². The van der Waals surface area contributed by atoms with E-state index < -0.39 is 0 Å². The van der Waals surface area contributed by atoms with Gasteiger partial charge in [0.05, 0.1) is 12.2 Å². The Balaban J connectivity index is 2.36. The summed E-state index contributed by atoms with van der Waals surface area (Å²) >= 11 is 5.64. The van der Waals surface area contributed by atoms with Gasteiger partial charge in [0.25, 0.3) is 0 Å². The van der Waals surface area contributed by atoms with Crippen LogP contribution in [-0.4, -0.2) is 56.8 Å². The van der Waals surface area contributed by atoms with Crippen LogP contribution >= 0.6 is 11.6 Å². The van der Waals surface area contributed by atoms with Crippen LogP contribution in [0.1, 0.15) is 0 Å². The van der Waals surface area contributed by atoms with Crippen molar-refractivity contribution in [2.45, 2.75) is 12.2 Å². The highest BCUT2D eigenvalue weighted by Gasteiger charge is 2.32. The van der Waals surface area contributed by atoms with Gasteiger partial charge in [0.1, 0.15) is 0 Å². The molecule has 0 bridgehead atoms. The van der Waals surface area contributed by atoms with Crippen LogP contribution in [0.2, 0.25) is 0 Å². The number of halogens is 1. The Bertz CT molecular complexity index is 122. The van der Waals surface area contributed by atoms with Gasteiger partial charge >= 0.3 is 0 Å². The fraction of sp³-hybridized carbons (Fsp3) is 1.00. The molecule has 0 radical (unpaired) electrons. The molecule has 3 nitrogen and oxygen atoms in total. The molecule has 0 aromatic carbocycles. The van der Waals surface area contributed by atoms with Crippen molar-refractivity contribution in [2.75, 3.05) is 39.7 Å². The minimum atomic E-state index is 0.207. The summed E-state index contributed by atoms with van der Waals surface area (Å²) in [6.07, 6.45) is 0.413. The molecule has 2 unspecified atom stereocenters. The topological polar surface area (TPSA) is 21.7 Å². The molecule has 1 aliphatic heterocycles. The van der Waals surface area contributed by atoms with Crippen LogP contribution in [0.5, 0.6) is 0 Å². The molecule has 0 aromatic heterocycles. The molecular weight excluding hydrogens is 178 g/mol. The van der Waals surface area contributed by atoms with Crippen molar-refractivity contribution < 1.29 is 9.47 Å². The SMILES string of the molecule is COC1CN(CCCl)CC1OC. The number of rotatable bonds is 4. The van der Waals surface area contributed by atoms with E-state index in [0.29, 0.717) is 5.88 Å². The summed E-state index contributed by atoms with van der Waals surface area (Å²) in [5, 5.41) is 0. The molecule has 0 amide bonds. The van der Waals surface area contributed by atoms with Crippen molar-refractivity contribution in [3.05, 3.63) is 0 Å². The maximum absolute atomic E-state index is 5.64. The molecule has 1 saturated heterocycles. The molecule has 0 spiro atoms. The Morgan fingerprint density at radius 1 is 1.25 bits per heavy atom. The van der Waals surface area contributed by atoms with Crippen molar-refractivity contribution >= 4 is 11.6 Å². The number of nitrogens with zero attached hydrogens (tertiary/aromatic N) is 1. The summed E-state index contributed by atoms with van der Waals surface area (Å²) < 4.78 is 10.6. The number of hydrogen-bond acceptors (Lipinski definition) is 3. The van der Waals surface area contributed by atoms with Gasteiger partial charge < -0.3 is 9.47 Å². The van der Waals surface area contributed by atoms with E-state index in [2.05, 4.69) is 4.90 Å². The molecule has 1 aliphatic rings. The van der Waals surface area contributed by atoms with Gasteiger partial charge in [0.2, 0.25) is 0 Å². The Hall–Kier alpha value is 0.170. The highest BCUT2D eigenvalue weighted by molar-refractivity contribution is 6.18. The molecular formula is C8H16ClNO2. The molecule has 1 heterocycles. The lowest BCUT2D eigenvalue weighted by atomic mass is 10.3. The first-order valence-electron chi connectivity index (χ1n) is 4.15. The zero-order chi connectivity index (χ0) is 8.97. The van der Waals surface area contributed by atoms with E-state index in [0.717, 1.165) is 19.6 Å². The Morgan fingerprint density at radius 3 is 2.08 bits per heavy atom. The molecule has 0 saturated carbocycles. The Morgan fingerprint density at radius 2 is 1.75 bits per heavy atom. The fourth-order valence-corrected chi connectivity index (χ4v) is 1.81. The van der Waals surface area contributed by atoms with Crippen LogP contribution in [0, 0.1) is 0 Å². The summed E-state index contributed by atoms with van der Waals surface area (Å²) in [5.74, 6) is 0.673. The van der Waals surface area contributed by atoms with Gasteiger partial charge in [-0.15, -0.1) is 11.6 Å². The molecule has 72 valence electrons. The molecule has 0 N–H and O–H groups in total. The van der Waals surface area contributed by atoms with E-state index in [1.54, 1.807) is 14.2 Å². The van der Waals surface area contributed by atoms with Gasteiger partial charge in [-0.2, -0.15) is 0 Å². The minimum Gasteiger partial charge on any atom is -0.377 e. The number of hydrogen-bond donors (Lipinski definition) is 0. The third-order valence-corrected chi connectivity index (χ3v) is 2.47. The first-order chi connectivity index (χ1) is 5.81. The lowest BCUT2D eigenvalue weighted by Gasteiger charge is -2.13. The number of ether oxygens (including phenoxy) is 2. The summed E-state index contributed by atoms with van der Waals surface area (Å²) in [6, 6.07) is 0. The Labute approximate surface area is 78.6 Å². The third kappa shape index (κ3) is 2.33. The van der Waals surface area contributed by atoms with Crippen LogP contribution in [0.25, 0.3) is 0 Å². The quantitative estimate of drug-likeness (QED) is 0.610. The van der Waals surface area contributed by atoms with E-state index in [-0.39, 0.29) is 12.2 Å². The van der Waals surface area contributed by atoms with E-state index in [1.807, 2.05) is 0 Å². The summed E-state index contributed by atoms with van der Waals surface area (Å²) in [4.78, 5) is 2.26. The lowest BCUT2D eigenvalue weighted by Crippen LogP contribution is -2.27. The monoisotopic (exact) mass is 193 g/mol. The summed E-state index contributed by atoms with van der Waals surface area (Å²) in [6.45, 7) is 2.78. The fourth-order valence-electron chi connectivity index (χ4n) is 1.57. The number of alkyl halides is 1. The minimum absolute atomic E-state index is 0.207. The standard InChI is InChI=1S/C8H16ClNO2/c1-11-7-5-10(4-3-9)6-8(7)12-2/h7-8H,3-6H2,1-2H3.